The molecule has 0 spiro atoms. The molecule has 28 heavy (non-hydrogen) atoms. The Morgan fingerprint density at radius 3 is 2.57 bits per heavy atom. The van der Waals surface area contributed by atoms with E-state index in [4.69, 9.17) is 11.6 Å². The van der Waals surface area contributed by atoms with Gasteiger partial charge in [0, 0.05) is 34.3 Å². The van der Waals surface area contributed by atoms with Crippen LogP contribution in [0.15, 0.2) is 54.6 Å². The summed E-state index contributed by atoms with van der Waals surface area (Å²) in [5, 5.41) is 8.24. The minimum absolute atomic E-state index is 0.0454. The second kappa shape index (κ2) is 9.80. The van der Waals surface area contributed by atoms with Gasteiger partial charge < -0.3 is 5.32 Å². The number of hydrogen-bond acceptors (Lipinski definition) is 3. The minimum atomic E-state index is -0.0454. The van der Waals surface area contributed by atoms with Gasteiger partial charge in [-0.1, -0.05) is 41.9 Å². The van der Waals surface area contributed by atoms with Crippen LogP contribution in [0, 0.1) is 13.8 Å². The van der Waals surface area contributed by atoms with E-state index in [1.165, 1.54) is 0 Å². The predicted octanol–water partition coefficient (Wildman–Crippen LogP) is 4.86. The van der Waals surface area contributed by atoms with E-state index in [1.807, 2.05) is 67.1 Å². The number of hydrogen-bond donors (Lipinski definition) is 1. The van der Waals surface area contributed by atoms with Gasteiger partial charge in [0.15, 0.2) is 0 Å². The lowest BCUT2D eigenvalue weighted by Gasteiger charge is -2.08. The molecule has 3 rings (SSSR count). The van der Waals surface area contributed by atoms with Gasteiger partial charge in [-0.3, -0.25) is 9.48 Å². The molecular formula is C22H24ClN3OS. The molecule has 1 aromatic heterocycles. The molecule has 1 heterocycles. The first kappa shape index (κ1) is 20.5. The normalized spacial score (nSPS) is 10.8. The molecule has 0 saturated heterocycles. The van der Waals surface area contributed by atoms with Crippen LogP contribution in [0.2, 0.25) is 5.02 Å². The van der Waals surface area contributed by atoms with E-state index in [2.05, 4.69) is 16.5 Å². The van der Waals surface area contributed by atoms with Crippen LogP contribution in [-0.2, 0) is 12.3 Å². The Labute approximate surface area is 175 Å². The van der Waals surface area contributed by atoms with Crippen molar-refractivity contribution in [3.63, 3.8) is 0 Å². The number of nitrogens with one attached hydrogen (secondary N) is 1. The first-order valence-corrected chi connectivity index (χ1v) is 10.8. The van der Waals surface area contributed by atoms with Crippen LogP contribution in [0.3, 0.4) is 0 Å². The number of aryl methyl sites for hydroxylation is 2. The number of nitrogens with zero attached hydrogens (tertiary/aromatic N) is 2. The molecule has 3 aromatic rings. The quantitative estimate of drug-likeness (QED) is 0.536. The minimum Gasteiger partial charge on any atom is -0.351 e. The Bertz CT molecular complexity index is 937. The first-order valence-electron chi connectivity index (χ1n) is 9.22. The van der Waals surface area contributed by atoms with Crippen molar-refractivity contribution < 1.29 is 4.79 Å². The summed E-state index contributed by atoms with van der Waals surface area (Å²) in [6.07, 6.45) is 0. The Morgan fingerprint density at radius 1 is 1.14 bits per heavy atom. The van der Waals surface area contributed by atoms with Crippen LogP contribution < -0.4 is 5.32 Å². The topological polar surface area (TPSA) is 46.9 Å². The molecule has 1 amide bonds. The highest BCUT2D eigenvalue weighted by molar-refractivity contribution is 7.98. The zero-order valence-electron chi connectivity index (χ0n) is 16.1. The zero-order chi connectivity index (χ0) is 19.9. The number of carbonyl (C=O) groups is 1. The van der Waals surface area contributed by atoms with Crippen molar-refractivity contribution >= 4 is 29.3 Å². The van der Waals surface area contributed by atoms with Gasteiger partial charge >= 0.3 is 0 Å². The van der Waals surface area contributed by atoms with Gasteiger partial charge in [0.25, 0.3) is 5.91 Å². The summed E-state index contributed by atoms with van der Waals surface area (Å²) >= 11 is 7.91. The third-order valence-corrected chi connectivity index (χ3v) is 5.78. The lowest BCUT2D eigenvalue weighted by Crippen LogP contribution is -2.25. The summed E-state index contributed by atoms with van der Waals surface area (Å²) in [7, 11) is 0. The molecule has 0 aliphatic rings. The first-order chi connectivity index (χ1) is 13.5. The lowest BCUT2D eigenvalue weighted by atomic mass is 10.1. The largest absolute Gasteiger partial charge is 0.351 e. The highest BCUT2D eigenvalue weighted by Crippen LogP contribution is 2.20. The Kier molecular flexibility index (Phi) is 7.18. The maximum absolute atomic E-state index is 12.3. The van der Waals surface area contributed by atoms with Crippen LogP contribution in [-0.4, -0.2) is 28.0 Å². The monoisotopic (exact) mass is 413 g/mol. The van der Waals surface area contributed by atoms with Crippen LogP contribution in [0.5, 0.6) is 0 Å². The Morgan fingerprint density at radius 2 is 1.89 bits per heavy atom. The molecule has 0 saturated carbocycles. The highest BCUT2D eigenvalue weighted by Gasteiger charge is 2.07. The molecule has 2 aromatic carbocycles. The van der Waals surface area contributed by atoms with Gasteiger partial charge in [0.1, 0.15) is 0 Å². The van der Waals surface area contributed by atoms with Crippen LogP contribution >= 0.6 is 23.4 Å². The summed E-state index contributed by atoms with van der Waals surface area (Å²) in [5.41, 5.74) is 5.07. The maximum atomic E-state index is 12.3. The number of amides is 1. The van der Waals surface area contributed by atoms with Crippen molar-refractivity contribution in [3.8, 4) is 0 Å². The summed E-state index contributed by atoms with van der Waals surface area (Å²) in [5.74, 6) is 1.64. The summed E-state index contributed by atoms with van der Waals surface area (Å²) in [4.78, 5) is 12.3. The van der Waals surface area contributed by atoms with Gasteiger partial charge in [-0.05, 0) is 49.2 Å². The molecule has 0 aliphatic carbocycles. The number of carbonyl (C=O) groups excluding carboxylic acids is 1. The second-order valence-electron chi connectivity index (χ2n) is 6.68. The number of benzene rings is 2. The number of halogens is 1. The molecule has 0 radical (unpaired) electrons. The van der Waals surface area contributed by atoms with E-state index in [9.17, 15) is 4.79 Å². The third kappa shape index (κ3) is 5.63. The van der Waals surface area contributed by atoms with E-state index in [1.54, 1.807) is 11.8 Å². The maximum Gasteiger partial charge on any atom is 0.251 e. The van der Waals surface area contributed by atoms with E-state index in [0.29, 0.717) is 18.7 Å². The van der Waals surface area contributed by atoms with E-state index in [0.717, 1.165) is 39.0 Å². The van der Waals surface area contributed by atoms with E-state index >= 15 is 0 Å². The van der Waals surface area contributed by atoms with Gasteiger partial charge in [0.05, 0.1) is 12.2 Å². The number of aromatic nitrogens is 2. The number of thioether (sulfide) groups is 1. The summed E-state index contributed by atoms with van der Waals surface area (Å²) < 4.78 is 1.97. The van der Waals surface area contributed by atoms with Gasteiger partial charge in [-0.15, -0.1) is 0 Å². The van der Waals surface area contributed by atoms with E-state index in [-0.39, 0.29) is 5.91 Å². The van der Waals surface area contributed by atoms with Gasteiger partial charge in [-0.2, -0.15) is 16.9 Å². The second-order valence-corrected chi connectivity index (χ2v) is 8.19. The molecule has 146 valence electrons. The van der Waals surface area contributed by atoms with Gasteiger partial charge in [0.2, 0.25) is 0 Å². The molecule has 6 heteroatoms. The zero-order valence-corrected chi connectivity index (χ0v) is 17.7. The molecular weight excluding hydrogens is 390 g/mol. The molecule has 4 nitrogen and oxygen atoms in total. The SMILES string of the molecule is Cc1cc(C)n(Cc2ccc(C(=O)NCCSCc3ccccc3Cl)cc2)n1. The third-order valence-electron chi connectivity index (χ3n) is 4.40. The lowest BCUT2D eigenvalue weighted by molar-refractivity contribution is 0.0956. The average molecular weight is 414 g/mol. The summed E-state index contributed by atoms with van der Waals surface area (Å²) in [6, 6.07) is 17.6. The fourth-order valence-electron chi connectivity index (χ4n) is 2.91. The number of rotatable bonds is 8. The molecule has 0 atom stereocenters. The van der Waals surface area contributed by atoms with E-state index < -0.39 is 0 Å². The van der Waals surface area contributed by atoms with Crippen LogP contribution in [0.1, 0.15) is 32.9 Å². The van der Waals surface area contributed by atoms with Crippen molar-refractivity contribution in [2.45, 2.75) is 26.1 Å². The fraction of sp³-hybridized carbons (Fsp3) is 0.273. The van der Waals surface area contributed by atoms with Crippen LogP contribution in [0.4, 0.5) is 0 Å². The van der Waals surface area contributed by atoms with Crippen molar-refractivity contribution in [1.82, 2.24) is 15.1 Å². The Balaban J connectivity index is 1.43. The molecule has 0 fully saturated rings. The molecule has 0 unspecified atom stereocenters. The standard InChI is InChI=1S/C22H24ClN3OS/c1-16-13-17(2)26(25-16)14-18-7-9-19(10-8-18)22(27)24-11-12-28-15-20-5-3-4-6-21(20)23/h3-10,13H,11-12,14-15H2,1-2H3,(H,24,27). The Hall–Kier alpha value is -2.24. The fourth-order valence-corrected chi connectivity index (χ4v) is 4.05. The predicted molar refractivity (Wildman–Crippen MR) is 117 cm³/mol. The highest BCUT2D eigenvalue weighted by atomic mass is 35.5. The van der Waals surface area contributed by atoms with Crippen molar-refractivity contribution in [1.29, 1.82) is 0 Å². The van der Waals surface area contributed by atoms with Crippen molar-refractivity contribution in [2.24, 2.45) is 0 Å². The molecule has 1 N–H and O–H groups in total. The summed E-state index contributed by atoms with van der Waals surface area (Å²) in [6.45, 7) is 5.37. The molecule has 0 aliphatic heterocycles. The average Bonchev–Trinajstić information content (AvgIpc) is 3.00. The molecule has 0 bridgehead atoms. The van der Waals surface area contributed by atoms with Crippen molar-refractivity contribution in [2.75, 3.05) is 12.3 Å². The van der Waals surface area contributed by atoms with Crippen LogP contribution in [0.25, 0.3) is 0 Å². The van der Waals surface area contributed by atoms with Gasteiger partial charge in [-0.25, -0.2) is 0 Å². The smallest absolute Gasteiger partial charge is 0.251 e. The van der Waals surface area contributed by atoms with Crippen molar-refractivity contribution in [3.05, 3.63) is 87.7 Å².